The van der Waals surface area contributed by atoms with Crippen LogP contribution in [0.1, 0.15) is 32.1 Å². The van der Waals surface area contributed by atoms with Crippen molar-refractivity contribution >= 4 is 17.5 Å². The number of hydrogen-bond donors (Lipinski definition) is 1. The van der Waals surface area contributed by atoms with Crippen LogP contribution in [0.2, 0.25) is 0 Å². The zero-order valence-electron chi connectivity index (χ0n) is 13.7. The molecule has 124 valence electrons. The quantitative estimate of drug-likeness (QED) is 0.640. The Morgan fingerprint density at radius 1 is 1.00 bits per heavy atom. The van der Waals surface area contributed by atoms with Crippen molar-refractivity contribution in [3.05, 3.63) is 30.3 Å². The molecule has 2 heterocycles. The van der Waals surface area contributed by atoms with E-state index < -0.39 is 0 Å². The minimum absolute atomic E-state index is 0.742. The molecule has 2 fully saturated rings. The maximum atomic E-state index is 5.47. The van der Waals surface area contributed by atoms with Gasteiger partial charge in [-0.2, -0.15) is 0 Å². The van der Waals surface area contributed by atoms with Crippen LogP contribution >= 0.6 is 0 Å². The Kier molecular flexibility index (Phi) is 6.03. The van der Waals surface area contributed by atoms with Gasteiger partial charge in [-0.3, -0.25) is 0 Å². The van der Waals surface area contributed by atoms with Crippen LogP contribution in [0.15, 0.2) is 40.3 Å². The zero-order chi connectivity index (χ0) is 15.7. The molecule has 0 unspecified atom stereocenters. The van der Waals surface area contributed by atoms with Gasteiger partial charge in [-0.05, 0) is 25.0 Å². The number of hydrogen-bond acceptors (Lipinski definition) is 2. The maximum absolute atomic E-state index is 5.47. The molecule has 3 rings (SSSR count). The minimum Gasteiger partial charge on any atom is -0.378 e. The molecule has 23 heavy (non-hydrogen) atoms. The maximum Gasteiger partial charge on any atom is 0.227 e. The Bertz CT molecular complexity index is 525. The van der Waals surface area contributed by atoms with Crippen molar-refractivity contribution in [3.63, 3.8) is 0 Å². The lowest BCUT2D eigenvalue weighted by atomic mass is 10.1. The molecule has 0 amide bonds. The number of guanidine groups is 1. The highest BCUT2D eigenvalue weighted by atomic mass is 16.5. The van der Waals surface area contributed by atoms with E-state index in [1.165, 1.54) is 25.7 Å². The van der Waals surface area contributed by atoms with Gasteiger partial charge in [0.1, 0.15) is 5.84 Å². The molecule has 2 saturated heterocycles. The molecule has 1 N–H and O–H groups in total. The van der Waals surface area contributed by atoms with Crippen molar-refractivity contribution in [1.29, 1.82) is 0 Å². The van der Waals surface area contributed by atoms with Crippen LogP contribution < -0.4 is 5.32 Å². The fourth-order valence-electron chi connectivity index (χ4n) is 2.86. The standard InChI is InChI=1S/C18H26N4O/c1-2-7-11-19-17(10-6-1)21-18(22-12-14-23-15-13-22)20-16-8-4-3-5-9-16/h3-5,8-9H,1-2,6-7,10-15H2,(H,19,20,21). The lowest BCUT2D eigenvalue weighted by Crippen LogP contribution is -2.41. The number of amidine groups is 1. The highest BCUT2D eigenvalue weighted by Crippen LogP contribution is 2.14. The summed E-state index contributed by atoms with van der Waals surface area (Å²) < 4.78 is 5.47. The Morgan fingerprint density at radius 3 is 2.61 bits per heavy atom. The van der Waals surface area contributed by atoms with Crippen molar-refractivity contribution in [2.75, 3.05) is 32.8 Å². The molecule has 5 heteroatoms. The molecular weight excluding hydrogens is 288 g/mol. The molecule has 2 aliphatic heterocycles. The largest absolute Gasteiger partial charge is 0.378 e. The van der Waals surface area contributed by atoms with E-state index in [2.05, 4.69) is 10.2 Å². The molecule has 0 radical (unpaired) electrons. The van der Waals surface area contributed by atoms with E-state index >= 15 is 0 Å². The van der Waals surface area contributed by atoms with Crippen LogP contribution in [-0.4, -0.2) is 49.5 Å². The van der Waals surface area contributed by atoms with E-state index in [9.17, 15) is 0 Å². The first kappa shape index (κ1) is 16.0. The van der Waals surface area contributed by atoms with Crippen molar-refractivity contribution in [1.82, 2.24) is 10.2 Å². The number of morpholine rings is 1. The van der Waals surface area contributed by atoms with Gasteiger partial charge < -0.3 is 15.0 Å². The number of rotatable bonds is 1. The summed E-state index contributed by atoms with van der Waals surface area (Å²) in [5, 5.41) is 3.49. The lowest BCUT2D eigenvalue weighted by Gasteiger charge is -2.28. The average molecular weight is 314 g/mol. The van der Waals surface area contributed by atoms with Gasteiger partial charge in [0.2, 0.25) is 5.96 Å². The Labute approximate surface area is 138 Å². The Morgan fingerprint density at radius 2 is 1.78 bits per heavy atom. The van der Waals surface area contributed by atoms with Crippen molar-refractivity contribution in [2.24, 2.45) is 9.98 Å². The zero-order valence-corrected chi connectivity index (χ0v) is 13.7. The van der Waals surface area contributed by atoms with Crippen molar-refractivity contribution < 1.29 is 4.74 Å². The second kappa shape index (κ2) is 8.67. The molecule has 0 atom stereocenters. The first-order valence-electron chi connectivity index (χ1n) is 8.70. The van der Waals surface area contributed by atoms with Gasteiger partial charge in [0.05, 0.1) is 18.9 Å². The van der Waals surface area contributed by atoms with Crippen molar-refractivity contribution in [3.8, 4) is 0 Å². The third-order valence-electron chi connectivity index (χ3n) is 4.18. The minimum atomic E-state index is 0.742. The third-order valence-corrected chi connectivity index (χ3v) is 4.18. The number of ether oxygens (including phenoxy) is 1. The SMILES string of the molecule is c1ccc(N=C(N=C2CCCCCCN2)N2CCOCC2)cc1. The van der Waals surface area contributed by atoms with E-state index in [1.807, 2.05) is 30.3 Å². The summed E-state index contributed by atoms with van der Waals surface area (Å²) in [6.07, 6.45) is 6.05. The lowest BCUT2D eigenvalue weighted by molar-refractivity contribution is 0.0676. The number of para-hydroxylation sites is 1. The van der Waals surface area contributed by atoms with Gasteiger partial charge in [-0.25, -0.2) is 9.98 Å². The summed E-state index contributed by atoms with van der Waals surface area (Å²) in [5.74, 6) is 1.88. The topological polar surface area (TPSA) is 49.2 Å². The Hall–Kier alpha value is -1.88. The van der Waals surface area contributed by atoms with Crippen LogP contribution in [0.3, 0.4) is 0 Å². The molecule has 2 aliphatic rings. The molecule has 0 aliphatic carbocycles. The second-order valence-electron chi connectivity index (χ2n) is 6.00. The second-order valence-corrected chi connectivity index (χ2v) is 6.00. The van der Waals surface area contributed by atoms with E-state index in [0.717, 1.165) is 56.8 Å². The smallest absolute Gasteiger partial charge is 0.227 e. The Balaban J connectivity index is 1.82. The van der Waals surface area contributed by atoms with Crippen LogP contribution in [0.4, 0.5) is 5.69 Å². The van der Waals surface area contributed by atoms with Gasteiger partial charge in [-0.15, -0.1) is 0 Å². The van der Waals surface area contributed by atoms with Gasteiger partial charge in [-0.1, -0.05) is 31.0 Å². The molecule has 0 saturated carbocycles. The van der Waals surface area contributed by atoms with Crippen LogP contribution in [0, 0.1) is 0 Å². The van der Waals surface area contributed by atoms with Gasteiger partial charge in [0.15, 0.2) is 0 Å². The molecular formula is C18H26N4O. The number of benzene rings is 1. The molecule has 5 nitrogen and oxygen atoms in total. The summed E-state index contributed by atoms with van der Waals surface area (Å²) in [4.78, 5) is 11.9. The predicted molar refractivity (Wildman–Crippen MR) is 94.5 cm³/mol. The van der Waals surface area contributed by atoms with Crippen LogP contribution in [-0.2, 0) is 4.74 Å². The van der Waals surface area contributed by atoms with E-state index in [4.69, 9.17) is 14.7 Å². The van der Waals surface area contributed by atoms with E-state index in [0.29, 0.717) is 0 Å². The fraction of sp³-hybridized carbons (Fsp3) is 0.556. The summed E-state index contributed by atoms with van der Waals surface area (Å²) in [6.45, 7) is 4.20. The molecule has 0 spiro atoms. The van der Waals surface area contributed by atoms with E-state index in [-0.39, 0.29) is 0 Å². The first-order valence-corrected chi connectivity index (χ1v) is 8.70. The summed E-state index contributed by atoms with van der Waals surface area (Å²) in [7, 11) is 0. The van der Waals surface area contributed by atoms with Crippen LogP contribution in [0.25, 0.3) is 0 Å². The average Bonchev–Trinajstić information content (AvgIpc) is 2.58. The molecule has 1 aromatic carbocycles. The highest BCUT2D eigenvalue weighted by molar-refractivity contribution is 5.97. The number of aliphatic imine (C=N–C) groups is 2. The number of nitrogens with zero attached hydrogens (tertiary/aromatic N) is 3. The summed E-state index contributed by atoms with van der Waals surface area (Å²) in [5.41, 5.74) is 0.948. The third kappa shape index (κ3) is 5.06. The first-order chi connectivity index (χ1) is 11.4. The molecule has 0 bridgehead atoms. The molecule has 1 aromatic rings. The predicted octanol–water partition coefficient (Wildman–Crippen LogP) is 2.96. The normalized spacial score (nSPS) is 22.3. The molecule has 0 aromatic heterocycles. The monoisotopic (exact) mass is 314 g/mol. The highest BCUT2D eigenvalue weighted by Gasteiger charge is 2.16. The summed E-state index contributed by atoms with van der Waals surface area (Å²) >= 11 is 0. The van der Waals surface area contributed by atoms with Crippen LogP contribution in [0.5, 0.6) is 0 Å². The van der Waals surface area contributed by atoms with Gasteiger partial charge in [0.25, 0.3) is 0 Å². The van der Waals surface area contributed by atoms with E-state index in [1.54, 1.807) is 0 Å². The van der Waals surface area contributed by atoms with Gasteiger partial charge in [0, 0.05) is 26.1 Å². The number of nitrogens with one attached hydrogen (secondary N) is 1. The van der Waals surface area contributed by atoms with Crippen molar-refractivity contribution in [2.45, 2.75) is 32.1 Å². The summed E-state index contributed by atoms with van der Waals surface area (Å²) in [6, 6.07) is 10.1. The van der Waals surface area contributed by atoms with Gasteiger partial charge >= 0.3 is 0 Å². The fourth-order valence-corrected chi connectivity index (χ4v) is 2.86.